The lowest BCUT2D eigenvalue weighted by Gasteiger charge is -2.33. The molecule has 1 atom stereocenters. The number of aromatic nitrogens is 2. The van der Waals surface area contributed by atoms with Gasteiger partial charge in [0.15, 0.2) is 5.78 Å². The molecule has 4 rings (SSSR count). The number of nitrogens with one attached hydrogen (secondary N) is 1. The Labute approximate surface area is 216 Å². The number of ketones is 1. The van der Waals surface area contributed by atoms with Gasteiger partial charge in [-0.15, -0.1) is 0 Å². The maximum atomic E-state index is 13.1. The number of amides is 1. The predicted octanol–water partition coefficient (Wildman–Crippen LogP) is 2.26. The Morgan fingerprint density at radius 1 is 1.00 bits per heavy atom. The third-order valence-electron chi connectivity index (χ3n) is 6.51. The third-order valence-corrected chi connectivity index (χ3v) is 8.42. The number of hydrogen-bond acceptors (Lipinski definition) is 8. The SMILES string of the molecule is CC(=O)c1ccc(S(=O)(=O)N2CCN(Cc3nc(N[C@H](C(N)=O)C(C)C)c4ccccc4n3)CC2)cc1. The van der Waals surface area contributed by atoms with E-state index in [4.69, 9.17) is 15.7 Å². The minimum Gasteiger partial charge on any atom is -0.368 e. The number of nitrogens with zero attached hydrogens (tertiary/aromatic N) is 4. The zero-order valence-electron chi connectivity index (χ0n) is 21.2. The average molecular weight is 525 g/mol. The van der Waals surface area contributed by atoms with Crippen molar-refractivity contribution >= 4 is 38.4 Å². The van der Waals surface area contributed by atoms with Gasteiger partial charge in [-0.3, -0.25) is 14.5 Å². The van der Waals surface area contributed by atoms with Crippen LogP contribution in [0.5, 0.6) is 0 Å². The van der Waals surface area contributed by atoms with Crippen LogP contribution in [-0.2, 0) is 21.4 Å². The Kier molecular flexibility index (Phi) is 7.86. The fourth-order valence-electron chi connectivity index (χ4n) is 4.36. The second-order valence-electron chi connectivity index (χ2n) is 9.53. The zero-order chi connectivity index (χ0) is 26.7. The lowest BCUT2D eigenvalue weighted by molar-refractivity contribution is -0.119. The van der Waals surface area contributed by atoms with Gasteiger partial charge < -0.3 is 11.1 Å². The van der Waals surface area contributed by atoms with Crippen LogP contribution >= 0.6 is 0 Å². The predicted molar refractivity (Wildman–Crippen MR) is 141 cm³/mol. The molecule has 0 saturated carbocycles. The number of sulfonamides is 1. The van der Waals surface area contributed by atoms with E-state index in [0.717, 1.165) is 10.9 Å². The smallest absolute Gasteiger partial charge is 0.243 e. The van der Waals surface area contributed by atoms with Crippen LogP contribution < -0.4 is 11.1 Å². The Hall–Kier alpha value is -3.41. The number of nitrogens with two attached hydrogens (primary N) is 1. The minimum absolute atomic E-state index is 0.0247. The van der Waals surface area contributed by atoms with E-state index in [-0.39, 0.29) is 16.6 Å². The molecule has 3 aromatic rings. The molecule has 0 spiro atoms. The monoisotopic (exact) mass is 524 g/mol. The summed E-state index contributed by atoms with van der Waals surface area (Å²) in [5.41, 5.74) is 6.83. The van der Waals surface area contributed by atoms with Crippen LogP contribution in [0, 0.1) is 5.92 Å². The summed E-state index contributed by atoms with van der Waals surface area (Å²) in [5, 5.41) is 4.00. The van der Waals surface area contributed by atoms with Crippen LogP contribution in [0.4, 0.5) is 5.82 Å². The molecule has 1 aliphatic rings. The van der Waals surface area contributed by atoms with Crippen molar-refractivity contribution < 1.29 is 18.0 Å². The van der Waals surface area contributed by atoms with Crippen molar-refractivity contribution in [1.29, 1.82) is 0 Å². The molecule has 1 fully saturated rings. The first-order valence-corrected chi connectivity index (χ1v) is 13.7. The highest BCUT2D eigenvalue weighted by atomic mass is 32.2. The molecular formula is C26H32N6O4S. The van der Waals surface area contributed by atoms with Gasteiger partial charge in [-0.25, -0.2) is 18.4 Å². The number of rotatable bonds is 9. The first-order valence-electron chi connectivity index (χ1n) is 12.2. The number of carbonyl (C=O) groups is 2. The lowest BCUT2D eigenvalue weighted by atomic mass is 10.0. The number of fused-ring (bicyclic) bond motifs is 1. The normalized spacial score (nSPS) is 16.1. The van der Waals surface area contributed by atoms with E-state index in [9.17, 15) is 18.0 Å². The summed E-state index contributed by atoms with van der Waals surface area (Å²) < 4.78 is 27.6. The van der Waals surface area contributed by atoms with Gasteiger partial charge in [-0.1, -0.05) is 38.1 Å². The third kappa shape index (κ3) is 5.95. The number of Topliss-reactive ketones (excluding diaryl/α,β-unsaturated/α-hetero) is 1. The fourth-order valence-corrected chi connectivity index (χ4v) is 5.78. The van der Waals surface area contributed by atoms with Crippen LogP contribution in [0.25, 0.3) is 10.9 Å². The van der Waals surface area contributed by atoms with Gasteiger partial charge in [0.05, 0.1) is 17.0 Å². The van der Waals surface area contributed by atoms with Gasteiger partial charge in [-0.2, -0.15) is 4.31 Å². The summed E-state index contributed by atoms with van der Waals surface area (Å²) in [6, 6.07) is 13.0. The van der Waals surface area contributed by atoms with E-state index < -0.39 is 22.0 Å². The van der Waals surface area contributed by atoms with Crippen LogP contribution in [0.1, 0.15) is 37.0 Å². The van der Waals surface area contributed by atoms with Crippen LogP contribution in [0.2, 0.25) is 0 Å². The molecular weight excluding hydrogens is 492 g/mol. The van der Waals surface area contributed by atoms with E-state index in [1.807, 2.05) is 38.1 Å². The molecule has 0 unspecified atom stereocenters. The second-order valence-corrected chi connectivity index (χ2v) is 11.5. The summed E-state index contributed by atoms with van der Waals surface area (Å²) in [4.78, 5) is 35.2. The van der Waals surface area contributed by atoms with Crippen LogP contribution in [-0.4, -0.2) is 71.5 Å². The molecule has 1 amide bonds. The van der Waals surface area contributed by atoms with Crippen molar-refractivity contribution in [2.45, 2.75) is 38.3 Å². The molecule has 0 bridgehead atoms. The second kappa shape index (κ2) is 10.9. The summed E-state index contributed by atoms with van der Waals surface area (Å²) in [6.07, 6.45) is 0. The summed E-state index contributed by atoms with van der Waals surface area (Å²) >= 11 is 0. The number of primary amides is 1. The van der Waals surface area contributed by atoms with Crippen molar-refractivity contribution in [2.75, 3.05) is 31.5 Å². The molecule has 2 heterocycles. The highest BCUT2D eigenvalue weighted by molar-refractivity contribution is 7.89. The number of benzene rings is 2. The summed E-state index contributed by atoms with van der Waals surface area (Å²) in [7, 11) is -3.66. The average Bonchev–Trinajstić information content (AvgIpc) is 2.87. The molecule has 1 aliphatic heterocycles. The van der Waals surface area contributed by atoms with Gasteiger partial charge in [0.2, 0.25) is 15.9 Å². The Morgan fingerprint density at radius 2 is 1.65 bits per heavy atom. The molecule has 0 radical (unpaired) electrons. The number of carbonyl (C=O) groups excluding carboxylic acids is 2. The van der Waals surface area contributed by atoms with Gasteiger partial charge in [0.1, 0.15) is 17.7 Å². The standard InChI is InChI=1S/C26H32N6O4S/c1-17(2)24(25(27)34)30-26-21-6-4-5-7-22(21)28-23(29-26)16-31-12-14-32(15-13-31)37(35,36)20-10-8-19(9-11-20)18(3)33/h4-11,17,24H,12-16H2,1-3H3,(H2,27,34)(H,28,29,30)/t24-/m0/s1. The number of piperazine rings is 1. The maximum Gasteiger partial charge on any atom is 0.243 e. The molecule has 196 valence electrons. The van der Waals surface area contributed by atoms with E-state index in [2.05, 4.69) is 10.2 Å². The molecule has 11 heteroatoms. The molecule has 2 aromatic carbocycles. The highest BCUT2D eigenvalue weighted by Gasteiger charge is 2.29. The maximum absolute atomic E-state index is 13.1. The topological polar surface area (TPSA) is 139 Å². The first kappa shape index (κ1) is 26.6. The Balaban J connectivity index is 1.48. The number of para-hydroxylation sites is 1. The number of hydrogen-bond donors (Lipinski definition) is 2. The molecule has 1 aromatic heterocycles. The van der Waals surface area contributed by atoms with Gasteiger partial charge in [0, 0.05) is 37.1 Å². The van der Waals surface area contributed by atoms with Crippen LogP contribution in [0.3, 0.4) is 0 Å². The molecule has 3 N–H and O–H groups in total. The quantitative estimate of drug-likeness (QED) is 0.407. The van der Waals surface area contributed by atoms with E-state index in [0.29, 0.717) is 49.9 Å². The van der Waals surface area contributed by atoms with Gasteiger partial charge in [-0.05, 0) is 37.1 Å². The van der Waals surface area contributed by atoms with E-state index in [1.165, 1.54) is 35.5 Å². The van der Waals surface area contributed by atoms with E-state index >= 15 is 0 Å². The Bertz CT molecular complexity index is 1400. The minimum atomic E-state index is -3.66. The van der Waals surface area contributed by atoms with Gasteiger partial charge >= 0.3 is 0 Å². The lowest BCUT2D eigenvalue weighted by Crippen LogP contribution is -2.48. The molecule has 1 saturated heterocycles. The van der Waals surface area contributed by atoms with Crippen molar-refractivity contribution in [3.63, 3.8) is 0 Å². The van der Waals surface area contributed by atoms with Crippen molar-refractivity contribution in [3.8, 4) is 0 Å². The largest absolute Gasteiger partial charge is 0.368 e. The molecule has 10 nitrogen and oxygen atoms in total. The first-order chi connectivity index (χ1) is 17.6. The zero-order valence-corrected chi connectivity index (χ0v) is 22.0. The molecule has 37 heavy (non-hydrogen) atoms. The van der Waals surface area contributed by atoms with Crippen molar-refractivity contribution in [2.24, 2.45) is 11.7 Å². The van der Waals surface area contributed by atoms with E-state index in [1.54, 1.807) is 0 Å². The fraction of sp³-hybridized carbons (Fsp3) is 0.385. The van der Waals surface area contributed by atoms with Crippen LogP contribution in [0.15, 0.2) is 53.4 Å². The van der Waals surface area contributed by atoms with Gasteiger partial charge in [0.25, 0.3) is 0 Å². The Morgan fingerprint density at radius 3 is 2.24 bits per heavy atom. The number of anilines is 1. The highest BCUT2D eigenvalue weighted by Crippen LogP contribution is 2.24. The summed E-state index contributed by atoms with van der Waals surface area (Å²) in [5.74, 6) is 0.537. The van der Waals surface area contributed by atoms with Crippen molar-refractivity contribution in [3.05, 3.63) is 59.9 Å². The summed E-state index contributed by atoms with van der Waals surface area (Å²) in [6.45, 7) is 7.39. The molecule has 0 aliphatic carbocycles. The van der Waals surface area contributed by atoms with Crippen molar-refractivity contribution in [1.82, 2.24) is 19.2 Å².